The van der Waals surface area contributed by atoms with Gasteiger partial charge in [0.2, 0.25) is 5.91 Å². The van der Waals surface area contributed by atoms with Crippen molar-refractivity contribution in [3.8, 4) is 0 Å². The first kappa shape index (κ1) is 15.3. The van der Waals surface area contributed by atoms with Crippen LogP contribution in [0.1, 0.15) is 22.3 Å². The van der Waals surface area contributed by atoms with Crippen molar-refractivity contribution in [2.24, 2.45) is 5.10 Å². The molecule has 2 aromatic carbocycles. The molecule has 21 heavy (non-hydrogen) atoms. The SMILES string of the molecule is Cc1ccc(CC(=O)N/N=C/c2cccc(Cl)c2)c(C)c1. The number of nitrogens with one attached hydrogen (secondary N) is 1. The summed E-state index contributed by atoms with van der Waals surface area (Å²) in [5.74, 6) is -0.139. The average molecular weight is 301 g/mol. The highest BCUT2D eigenvalue weighted by Gasteiger charge is 2.05. The molecule has 0 heterocycles. The van der Waals surface area contributed by atoms with E-state index in [0.29, 0.717) is 11.4 Å². The van der Waals surface area contributed by atoms with E-state index in [-0.39, 0.29) is 5.91 Å². The Morgan fingerprint density at radius 3 is 2.76 bits per heavy atom. The highest BCUT2D eigenvalue weighted by atomic mass is 35.5. The van der Waals surface area contributed by atoms with E-state index in [0.717, 1.165) is 16.7 Å². The van der Waals surface area contributed by atoms with Crippen LogP contribution in [0.25, 0.3) is 0 Å². The van der Waals surface area contributed by atoms with Crippen molar-refractivity contribution < 1.29 is 4.79 Å². The molecule has 0 atom stereocenters. The van der Waals surface area contributed by atoms with Gasteiger partial charge >= 0.3 is 0 Å². The molecule has 0 unspecified atom stereocenters. The Balaban J connectivity index is 1.93. The van der Waals surface area contributed by atoms with E-state index in [1.807, 2.05) is 38.1 Å². The molecule has 0 aliphatic rings. The molecule has 4 heteroatoms. The average Bonchev–Trinajstić information content (AvgIpc) is 2.42. The Bertz CT molecular complexity index is 680. The van der Waals surface area contributed by atoms with Crippen LogP contribution in [0.3, 0.4) is 0 Å². The predicted molar refractivity (Wildman–Crippen MR) is 86.8 cm³/mol. The number of benzene rings is 2. The smallest absolute Gasteiger partial charge is 0.244 e. The van der Waals surface area contributed by atoms with Gasteiger partial charge in [-0.3, -0.25) is 4.79 Å². The van der Waals surface area contributed by atoms with E-state index in [1.165, 1.54) is 5.56 Å². The summed E-state index contributed by atoms with van der Waals surface area (Å²) in [5, 5.41) is 4.58. The maximum Gasteiger partial charge on any atom is 0.244 e. The number of hydrogen-bond acceptors (Lipinski definition) is 2. The van der Waals surface area contributed by atoms with Gasteiger partial charge in [0.1, 0.15) is 0 Å². The largest absolute Gasteiger partial charge is 0.273 e. The van der Waals surface area contributed by atoms with Gasteiger partial charge in [0.25, 0.3) is 0 Å². The molecule has 3 nitrogen and oxygen atoms in total. The van der Waals surface area contributed by atoms with Crippen molar-refractivity contribution in [3.63, 3.8) is 0 Å². The molecule has 0 aromatic heterocycles. The van der Waals surface area contributed by atoms with E-state index >= 15 is 0 Å². The summed E-state index contributed by atoms with van der Waals surface area (Å²) in [6, 6.07) is 13.3. The number of carbonyl (C=O) groups excluding carboxylic acids is 1. The van der Waals surface area contributed by atoms with Gasteiger partial charge in [0, 0.05) is 5.02 Å². The molecule has 0 aliphatic carbocycles. The van der Waals surface area contributed by atoms with Gasteiger partial charge in [0.15, 0.2) is 0 Å². The molecule has 0 radical (unpaired) electrons. The van der Waals surface area contributed by atoms with Crippen LogP contribution in [0.4, 0.5) is 0 Å². The van der Waals surface area contributed by atoms with Crippen LogP contribution in [0.5, 0.6) is 0 Å². The van der Waals surface area contributed by atoms with Gasteiger partial charge in [-0.2, -0.15) is 5.10 Å². The van der Waals surface area contributed by atoms with Crippen molar-refractivity contribution in [3.05, 3.63) is 69.7 Å². The lowest BCUT2D eigenvalue weighted by molar-refractivity contribution is -0.120. The van der Waals surface area contributed by atoms with Crippen LogP contribution in [-0.2, 0) is 11.2 Å². The molecule has 1 amide bonds. The molecular formula is C17H17ClN2O. The number of nitrogens with zero attached hydrogens (tertiary/aromatic N) is 1. The number of hydrazone groups is 1. The Morgan fingerprint density at radius 2 is 2.05 bits per heavy atom. The molecule has 2 aromatic rings. The maximum atomic E-state index is 11.9. The van der Waals surface area contributed by atoms with Crippen LogP contribution in [0, 0.1) is 13.8 Å². The number of rotatable bonds is 4. The molecule has 0 fully saturated rings. The highest BCUT2D eigenvalue weighted by Crippen LogP contribution is 2.11. The minimum atomic E-state index is -0.139. The summed E-state index contributed by atoms with van der Waals surface area (Å²) in [5.41, 5.74) is 6.69. The highest BCUT2D eigenvalue weighted by molar-refractivity contribution is 6.30. The van der Waals surface area contributed by atoms with Crippen LogP contribution < -0.4 is 5.43 Å². The molecule has 108 valence electrons. The van der Waals surface area contributed by atoms with E-state index in [9.17, 15) is 4.79 Å². The monoisotopic (exact) mass is 300 g/mol. The van der Waals surface area contributed by atoms with Gasteiger partial charge in [-0.15, -0.1) is 0 Å². The van der Waals surface area contributed by atoms with Gasteiger partial charge in [-0.25, -0.2) is 5.43 Å². The van der Waals surface area contributed by atoms with Gasteiger partial charge in [-0.05, 0) is 42.7 Å². The van der Waals surface area contributed by atoms with Crippen LogP contribution in [-0.4, -0.2) is 12.1 Å². The quantitative estimate of drug-likeness (QED) is 0.679. The lowest BCUT2D eigenvalue weighted by Gasteiger charge is -2.05. The maximum absolute atomic E-state index is 11.9. The fraction of sp³-hybridized carbons (Fsp3) is 0.176. The Kier molecular flexibility index (Phi) is 5.12. The van der Waals surface area contributed by atoms with Gasteiger partial charge in [-0.1, -0.05) is 47.5 Å². The molecule has 0 spiro atoms. The third-order valence-corrected chi connectivity index (χ3v) is 3.34. The molecule has 1 N–H and O–H groups in total. The Morgan fingerprint density at radius 1 is 1.24 bits per heavy atom. The van der Waals surface area contributed by atoms with Crippen molar-refractivity contribution in [1.82, 2.24) is 5.43 Å². The number of hydrogen-bond donors (Lipinski definition) is 1. The lowest BCUT2D eigenvalue weighted by Crippen LogP contribution is -2.20. The number of halogens is 1. The normalized spacial score (nSPS) is 10.8. The number of aryl methyl sites for hydroxylation is 2. The Hall–Kier alpha value is -2.13. The van der Waals surface area contributed by atoms with Gasteiger partial charge < -0.3 is 0 Å². The zero-order chi connectivity index (χ0) is 15.2. The first-order valence-corrected chi connectivity index (χ1v) is 7.06. The zero-order valence-corrected chi connectivity index (χ0v) is 12.8. The van der Waals surface area contributed by atoms with Gasteiger partial charge in [0.05, 0.1) is 12.6 Å². The molecular weight excluding hydrogens is 284 g/mol. The first-order chi connectivity index (χ1) is 10.0. The van der Waals surface area contributed by atoms with E-state index in [4.69, 9.17) is 11.6 Å². The van der Waals surface area contributed by atoms with Crippen molar-refractivity contribution in [2.75, 3.05) is 0 Å². The summed E-state index contributed by atoms with van der Waals surface area (Å²) < 4.78 is 0. The molecule has 0 saturated carbocycles. The second-order valence-electron chi connectivity index (χ2n) is 4.95. The van der Waals surface area contributed by atoms with E-state index in [2.05, 4.69) is 16.6 Å². The fourth-order valence-corrected chi connectivity index (χ4v) is 2.22. The standard InChI is InChI=1S/C17H17ClN2O/c1-12-6-7-15(13(2)8-12)10-17(21)20-19-11-14-4-3-5-16(18)9-14/h3-9,11H,10H2,1-2H3,(H,20,21)/b19-11+. The second-order valence-corrected chi connectivity index (χ2v) is 5.39. The zero-order valence-electron chi connectivity index (χ0n) is 12.1. The van der Waals surface area contributed by atoms with Crippen LogP contribution >= 0.6 is 11.6 Å². The lowest BCUT2D eigenvalue weighted by atomic mass is 10.0. The fourth-order valence-electron chi connectivity index (χ4n) is 2.02. The van der Waals surface area contributed by atoms with Crippen LogP contribution in [0.2, 0.25) is 5.02 Å². The summed E-state index contributed by atoms with van der Waals surface area (Å²) in [6.07, 6.45) is 1.89. The van der Waals surface area contributed by atoms with Crippen molar-refractivity contribution >= 4 is 23.7 Å². The minimum Gasteiger partial charge on any atom is -0.273 e. The van der Waals surface area contributed by atoms with E-state index < -0.39 is 0 Å². The molecule has 0 saturated heterocycles. The minimum absolute atomic E-state index is 0.139. The summed E-state index contributed by atoms with van der Waals surface area (Å²) in [6.45, 7) is 4.04. The third kappa shape index (κ3) is 4.72. The first-order valence-electron chi connectivity index (χ1n) is 6.68. The molecule has 2 rings (SSSR count). The van der Waals surface area contributed by atoms with Crippen LogP contribution in [0.15, 0.2) is 47.6 Å². The Labute approximate surface area is 129 Å². The number of carbonyl (C=O) groups is 1. The van der Waals surface area contributed by atoms with Crippen molar-refractivity contribution in [1.29, 1.82) is 0 Å². The summed E-state index contributed by atoms with van der Waals surface area (Å²) in [4.78, 5) is 11.9. The second kappa shape index (κ2) is 7.04. The van der Waals surface area contributed by atoms with Crippen molar-refractivity contribution in [2.45, 2.75) is 20.3 Å². The number of amides is 1. The predicted octanol–water partition coefficient (Wildman–Crippen LogP) is 3.65. The molecule has 0 aliphatic heterocycles. The molecule has 0 bridgehead atoms. The topological polar surface area (TPSA) is 41.5 Å². The summed E-state index contributed by atoms with van der Waals surface area (Å²) in [7, 11) is 0. The third-order valence-electron chi connectivity index (χ3n) is 3.10. The van der Waals surface area contributed by atoms with E-state index in [1.54, 1.807) is 18.3 Å². The summed E-state index contributed by atoms with van der Waals surface area (Å²) >= 11 is 5.87.